The van der Waals surface area contributed by atoms with Crippen LogP contribution in [0.4, 0.5) is 0 Å². The monoisotopic (exact) mass is 268 g/mol. The first-order valence-electron chi connectivity index (χ1n) is 6.89. The van der Waals surface area contributed by atoms with Crippen LogP contribution in [0.15, 0.2) is 0 Å². The highest BCUT2D eigenvalue weighted by Gasteiger charge is 2.17. The molecule has 0 spiro atoms. The van der Waals surface area contributed by atoms with Crippen molar-refractivity contribution in [3.63, 3.8) is 0 Å². The van der Waals surface area contributed by atoms with Gasteiger partial charge >= 0.3 is 0 Å². The molecule has 0 amide bonds. The molecular weight excluding hydrogens is 248 g/mol. The summed E-state index contributed by atoms with van der Waals surface area (Å²) >= 11 is 0. The minimum absolute atomic E-state index is 0.845. The van der Waals surface area contributed by atoms with Crippen molar-refractivity contribution in [2.45, 2.75) is 41.5 Å². The number of H-pyrrole nitrogens is 2. The van der Waals surface area contributed by atoms with Crippen molar-refractivity contribution >= 4 is 11.0 Å². The molecule has 0 radical (unpaired) electrons. The quantitative estimate of drug-likeness (QED) is 0.705. The first-order valence-corrected chi connectivity index (χ1v) is 6.89. The van der Waals surface area contributed by atoms with Crippen LogP contribution in [-0.2, 0) is 0 Å². The average molecular weight is 268 g/mol. The highest BCUT2D eigenvalue weighted by atomic mass is 15.1. The van der Waals surface area contributed by atoms with Crippen molar-refractivity contribution in [2.24, 2.45) is 0 Å². The van der Waals surface area contributed by atoms with E-state index in [1.807, 2.05) is 6.92 Å². The summed E-state index contributed by atoms with van der Waals surface area (Å²) < 4.78 is 0. The molecule has 4 nitrogen and oxygen atoms in total. The van der Waals surface area contributed by atoms with Gasteiger partial charge in [-0.3, -0.25) is 5.10 Å². The molecule has 2 aromatic heterocycles. The van der Waals surface area contributed by atoms with E-state index in [0.717, 1.165) is 33.8 Å². The maximum absolute atomic E-state index is 4.78. The van der Waals surface area contributed by atoms with Crippen molar-refractivity contribution in [1.29, 1.82) is 0 Å². The van der Waals surface area contributed by atoms with Crippen molar-refractivity contribution in [2.75, 3.05) is 0 Å². The molecule has 0 aliphatic heterocycles. The number of hydrogen-bond donors (Lipinski definition) is 2. The van der Waals surface area contributed by atoms with Gasteiger partial charge in [-0.05, 0) is 63.8 Å². The highest BCUT2D eigenvalue weighted by molar-refractivity contribution is 5.87. The third kappa shape index (κ3) is 1.60. The number of aromatic nitrogens is 4. The maximum atomic E-state index is 4.78. The summed E-state index contributed by atoms with van der Waals surface area (Å²) in [5.74, 6) is 0.845. The summed E-state index contributed by atoms with van der Waals surface area (Å²) in [6.07, 6.45) is 0. The van der Waals surface area contributed by atoms with Gasteiger partial charge in [-0.2, -0.15) is 5.10 Å². The molecule has 4 heteroatoms. The first kappa shape index (κ1) is 12.9. The van der Waals surface area contributed by atoms with Crippen LogP contribution in [0.1, 0.15) is 33.5 Å². The lowest BCUT2D eigenvalue weighted by Gasteiger charge is -2.09. The topological polar surface area (TPSA) is 57.4 Å². The lowest BCUT2D eigenvalue weighted by Crippen LogP contribution is -1.92. The van der Waals surface area contributed by atoms with Crippen molar-refractivity contribution in [1.82, 2.24) is 20.2 Å². The number of rotatable bonds is 1. The van der Waals surface area contributed by atoms with E-state index < -0.39 is 0 Å². The molecule has 3 aromatic rings. The number of hydrogen-bond acceptors (Lipinski definition) is 2. The van der Waals surface area contributed by atoms with Gasteiger partial charge in [0.05, 0.1) is 11.0 Å². The Balaban J connectivity index is 2.34. The largest absolute Gasteiger partial charge is 0.336 e. The SMILES string of the molecule is Cc1[nH]nc(-c2nc3c(C)c(C)c(C)c(C)c3[nH]2)c1C. The summed E-state index contributed by atoms with van der Waals surface area (Å²) in [7, 11) is 0. The van der Waals surface area contributed by atoms with E-state index in [-0.39, 0.29) is 0 Å². The first-order chi connectivity index (χ1) is 9.41. The van der Waals surface area contributed by atoms with E-state index in [1.54, 1.807) is 0 Å². The molecule has 0 atom stereocenters. The van der Waals surface area contributed by atoms with E-state index in [1.165, 1.54) is 22.3 Å². The Morgan fingerprint density at radius 1 is 0.750 bits per heavy atom. The zero-order valence-electron chi connectivity index (χ0n) is 12.9. The van der Waals surface area contributed by atoms with Crippen LogP contribution in [0.5, 0.6) is 0 Å². The molecule has 0 aliphatic carbocycles. The van der Waals surface area contributed by atoms with Gasteiger partial charge < -0.3 is 4.98 Å². The zero-order valence-corrected chi connectivity index (χ0v) is 12.9. The summed E-state index contributed by atoms with van der Waals surface area (Å²) in [6.45, 7) is 12.7. The molecule has 0 fully saturated rings. The molecule has 1 aromatic carbocycles. The van der Waals surface area contributed by atoms with E-state index in [9.17, 15) is 0 Å². The molecule has 0 unspecified atom stereocenters. The summed E-state index contributed by atoms with van der Waals surface area (Å²) in [5, 5.41) is 7.39. The van der Waals surface area contributed by atoms with Crippen molar-refractivity contribution in [3.05, 3.63) is 33.5 Å². The van der Waals surface area contributed by atoms with Gasteiger partial charge in [0.2, 0.25) is 0 Å². The van der Waals surface area contributed by atoms with Gasteiger partial charge in [-0.1, -0.05) is 0 Å². The van der Waals surface area contributed by atoms with Crippen LogP contribution in [0.25, 0.3) is 22.6 Å². The van der Waals surface area contributed by atoms with Gasteiger partial charge in [0, 0.05) is 11.3 Å². The Hall–Kier alpha value is -2.10. The Labute approximate surface area is 118 Å². The van der Waals surface area contributed by atoms with E-state index in [0.29, 0.717) is 0 Å². The van der Waals surface area contributed by atoms with Crippen molar-refractivity contribution < 1.29 is 0 Å². The highest BCUT2D eigenvalue weighted by Crippen LogP contribution is 2.30. The summed E-state index contributed by atoms with van der Waals surface area (Å²) in [4.78, 5) is 8.23. The number of aromatic amines is 2. The smallest absolute Gasteiger partial charge is 0.159 e. The van der Waals surface area contributed by atoms with Crippen LogP contribution in [0.2, 0.25) is 0 Å². The molecule has 20 heavy (non-hydrogen) atoms. The molecular formula is C16H20N4. The van der Waals surface area contributed by atoms with E-state index in [4.69, 9.17) is 4.98 Å². The number of fused-ring (bicyclic) bond motifs is 1. The second-order valence-electron chi connectivity index (χ2n) is 5.63. The number of imidazole rings is 1. The van der Waals surface area contributed by atoms with E-state index in [2.05, 4.69) is 49.8 Å². The molecule has 0 aliphatic rings. The number of aryl methyl sites for hydroxylation is 3. The van der Waals surface area contributed by atoms with Gasteiger partial charge in [0.25, 0.3) is 0 Å². The van der Waals surface area contributed by atoms with Gasteiger partial charge in [0.1, 0.15) is 5.69 Å². The lowest BCUT2D eigenvalue weighted by molar-refractivity contribution is 1.04. The van der Waals surface area contributed by atoms with Crippen LogP contribution in [0, 0.1) is 41.5 Å². The molecule has 104 valence electrons. The number of nitrogens with zero attached hydrogens (tertiary/aromatic N) is 2. The van der Waals surface area contributed by atoms with E-state index >= 15 is 0 Å². The normalized spacial score (nSPS) is 11.5. The van der Waals surface area contributed by atoms with Gasteiger partial charge in [0.15, 0.2) is 5.82 Å². The Kier molecular flexibility index (Phi) is 2.71. The third-order valence-corrected chi connectivity index (χ3v) is 4.60. The third-order valence-electron chi connectivity index (χ3n) is 4.60. The Bertz CT molecular complexity index is 776. The maximum Gasteiger partial charge on any atom is 0.159 e. The zero-order chi connectivity index (χ0) is 14.6. The number of nitrogens with one attached hydrogen (secondary N) is 2. The predicted molar refractivity (Wildman–Crippen MR) is 82.1 cm³/mol. The second-order valence-corrected chi connectivity index (χ2v) is 5.63. The fourth-order valence-corrected chi connectivity index (χ4v) is 2.67. The predicted octanol–water partition coefficient (Wildman–Crippen LogP) is 3.80. The minimum Gasteiger partial charge on any atom is -0.336 e. The molecule has 3 rings (SSSR count). The average Bonchev–Trinajstić information content (AvgIpc) is 3.00. The Morgan fingerprint density at radius 2 is 1.40 bits per heavy atom. The fourth-order valence-electron chi connectivity index (χ4n) is 2.67. The standard InChI is InChI=1S/C16H20N4/c1-7-8(2)10(4)14-13(9(7)3)17-16(18-14)15-11(5)12(6)19-20-15/h1-6H3,(H,17,18)(H,19,20). The van der Waals surface area contributed by atoms with Crippen LogP contribution in [-0.4, -0.2) is 20.2 Å². The number of benzene rings is 1. The molecule has 2 N–H and O–H groups in total. The van der Waals surface area contributed by atoms with Crippen molar-refractivity contribution in [3.8, 4) is 11.5 Å². The lowest BCUT2D eigenvalue weighted by atomic mass is 9.98. The molecule has 0 bridgehead atoms. The minimum atomic E-state index is 0.845. The molecule has 2 heterocycles. The molecule has 0 saturated heterocycles. The van der Waals surface area contributed by atoms with Gasteiger partial charge in [-0.25, -0.2) is 4.98 Å². The molecule has 0 saturated carbocycles. The second kappa shape index (κ2) is 4.20. The van der Waals surface area contributed by atoms with Crippen LogP contribution < -0.4 is 0 Å². The Morgan fingerprint density at radius 3 is 2.00 bits per heavy atom. The van der Waals surface area contributed by atoms with Crippen LogP contribution in [0.3, 0.4) is 0 Å². The summed E-state index contributed by atoms with van der Waals surface area (Å²) in [5.41, 5.74) is 10.5. The van der Waals surface area contributed by atoms with Crippen LogP contribution >= 0.6 is 0 Å². The fraction of sp³-hybridized carbons (Fsp3) is 0.375. The van der Waals surface area contributed by atoms with Gasteiger partial charge in [-0.15, -0.1) is 0 Å². The summed E-state index contributed by atoms with van der Waals surface area (Å²) in [6, 6.07) is 0.